The number of halogens is 1. The summed E-state index contributed by atoms with van der Waals surface area (Å²) in [5, 5.41) is 10.2. The van der Waals surface area contributed by atoms with Crippen LogP contribution in [0.15, 0.2) is 41.7 Å². The molecule has 0 bridgehead atoms. The first kappa shape index (κ1) is 22.4. The van der Waals surface area contributed by atoms with Crippen LogP contribution in [0.4, 0.5) is 11.6 Å². The van der Waals surface area contributed by atoms with E-state index in [2.05, 4.69) is 47.6 Å². The highest BCUT2D eigenvalue weighted by Gasteiger charge is 2.21. The quantitative estimate of drug-likeness (QED) is 0.307. The molecule has 3 heterocycles. The molecule has 3 aromatic rings. The zero-order valence-electron chi connectivity index (χ0n) is 17.7. The average Bonchev–Trinajstić information content (AvgIpc) is 3.33. The number of nitrogens with one attached hydrogen (secondary N) is 1. The molecule has 1 amide bonds. The summed E-state index contributed by atoms with van der Waals surface area (Å²) >= 11 is 5.82. The van der Waals surface area contributed by atoms with Gasteiger partial charge in [0.15, 0.2) is 28.4 Å². The van der Waals surface area contributed by atoms with Crippen molar-refractivity contribution in [1.82, 2.24) is 35.2 Å². The van der Waals surface area contributed by atoms with Gasteiger partial charge in [-0.25, -0.2) is 19.6 Å². The third-order valence-corrected chi connectivity index (χ3v) is 5.55. The Kier molecular flexibility index (Phi) is 6.66. The van der Waals surface area contributed by atoms with E-state index in [4.69, 9.17) is 28.8 Å². The molecule has 0 saturated carbocycles. The number of guanidine groups is 1. The summed E-state index contributed by atoms with van der Waals surface area (Å²) in [7, 11) is 0. The molecule has 1 saturated heterocycles. The van der Waals surface area contributed by atoms with Crippen LogP contribution in [0.25, 0.3) is 5.69 Å². The lowest BCUT2D eigenvalue weighted by Crippen LogP contribution is -2.40. The lowest BCUT2D eigenvalue weighted by atomic mass is 10.0. The van der Waals surface area contributed by atoms with Gasteiger partial charge in [0.05, 0.1) is 24.1 Å². The lowest BCUT2D eigenvalue weighted by molar-refractivity contribution is 0.0972. The number of hydrogen-bond donors (Lipinski definition) is 4. The van der Waals surface area contributed by atoms with Crippen molar-refractivity contribution in [2.45, 2.75) is 25.4 Å². The van der Waals surface area contributed by atoms with Crippen molar-refractivity contribution in [3.8, 4) is 5.69 Å². The maximum atomic E-state index is 12.4. The SMILES string of the molecule is NC(=NC1CCN(Cc2ccc(-n3ccnn3)cc2)CC1)NC(=O)c1nc(Cl)c(N)nc1N. The molecule has 4 rings (SSSR count). The Bertz CT molecular complexity index is 1140. The first-order valence-electron chi connectivity index (χ1n) is 10.3. The number of nitrogens with zero attached hydrogens (tertiary/aromatic N) is 7. The topological polar surface area (TPSA) is 179 Å². The molecule has 33 heavy (non-hydrogen) atoms. The molecule has 172 valence electrons. The van der Waals surface area contributed by atoms with Gasteiger partial charge >= 0.3 is 0 Å². The summed E-state index contributed by atoms with van der Waals surface area (Å²) in [5.41, 5.74) is 19.2. The summed E-state index contributed by atoms with van der Waals surface area (Å²) < 4.78 is 1.72. The minimum Gasteiger partial charge on any atom is -0.382 e. The van der Waals surface area contributed by atoms with Crippen LogP contribution in [-0.2, 0) is 6.54 Å². The van der Waals surface area contributed by atoms with E-state index in [-0.39, 0.29) is 34.5 Å². The zero-order valence-corrected chi connectivity index (χ0v) is 18.5. The lowest BCUT2D eigenvalue weighted by Gasteiger charge is -2.30. The smallest absolute Gasteiger partial charge is 0.280 e. The largest absolute Gasteiger partial charge is 0.382 e. The molecule has 12 nitrogen and oxygen atoms in total. The zero-order chi connectivity index (χ0) is 23.4. The molecular weight excluding hydrogens is 446 g/mol. The summed E-state index contributed by atoms with van der Waals surface area (Å²) in [6.07, 6.45) is 5.10. The number of hydrogen-bond acceptors (Lipinski definition) is 9. The third-order valence-electron chi connectivity index (χ3n) is 5.27. The number of benzene rings is 1. The summed E-state index contributed by atoms with van der Waals surface area (Å²) in [6.45, 7) is 2.58. The highest BCUT2D eigenvalue weighted by molar-refractivity contribution is 6.31. The number of piperidine rings is 1. The van der Waals surface area contributed by atoms with E-state index in [9.17, 15) is 4.79 Å². The van der Waals surface area contributed by atoms with E-state index in [1.54, 1.807) is 10.9 Å². The number of amides is 1. The van der Waals surface area contributed by atoms with Crippen molar-refractivity contribution in [3.63, 3.8) is 0 Å². The van der Waals surface area contributed by atoms with Gasteiger partial charge in [0.25, 0.3) is 5.91 Å². The molecule has 13 heteroatoms. The van der Waals surface area contributed by atoms with E-state index in [1.165, 1.54) is 5.56 Å². The van der Waals surface area contributed by atoms with Crippen LogP contribution >= 0.6 is 11.6 Å². The van der Waals surface area contributed by atoms with Crippen molar-refractivity contribution in [3.05, 3.63) is 53.1 Å². The van der Waals surface area contributed by atoms with Gasteiger partial charge in [-0.05, 0) is 30.5 Å². The van der Waals surface area contributed by atoms with E-state index in [0.29, 0.717) is 0 Å². The number of aliphatic imine (C=N–C) groups is 1. The summed E-state index contributed by atoms with van der Waals surface area (Å²) in [5.74, 6) is -0.832. The molecule has 0 atom stereocenters. The highest BCUT2D eigenvalue weighted by atomic mass is 35.5. The van der Waals surface area contributed by atoms with E-state index in [1.807, 2.05) is 18.3 Å². The van der Waals surface area contributed by atoms with Crippen LogP contribution in [0.1, 0.15) is 28.9 Å². The van der Waals surface area contributed by atoms with Crippen LogP contribution in [0.2, 0.25) is 5.15 Å². The van der Waals surface area contributed by atoms with Gasteiger partial charge in [0.2, 0.25) is 0 Å². The van der Waals surface area contributed by atoms with Gasteiger partial charge in [-0.3, -0.25) is 15.0 Å². The van der Waals surface area contributed by atoms with Crippen LogP contribution in [0, 0.1) is 0 Å². The van der Waals surface area contributed by atoms with Gasteiger partial charge in [-0.1, -0.05) is 28.9 Å². The molecule has 0 radical (unpaired) electrons. The van der Waals surface area contributed by atoms with Crippen molar-refractivity contribution in [1.29, 1.82) is 0 Å². The second kappa shape index (κ2) is 9.79. The number of nitrogen functional groups attached to an aromatic ring is 2. The monoisotopic (exact) mass is 469 g/mol. The summed E-state index contributed by atoms with van der Waals surface area (Å²) in [6, 6.07) is 8.24. The Morgan fingerprint density at radius 3 is 2.55 bits per heavy atom. The molecule has 0 spiro atoms. The van der Waals surface area contributed by atoms with Gasteiger partial charge in [0.1, 0.15) is 0 Å². The van der Waals surface area contributed by atoms with Crippen LogP contribution in [0.3, 0.4) is 0 Å². The predicted molar refractivity (Wildman–Crippen MR) is 125 cm³/mol. The van der Waals surface area contributed by atoms with Crippen molar-refractivity contribution in [2.24, 2.45) is 10.7 Å². The Balaban J connectivity index is 1.28. The second-order valence-electron chi connectivity index (χ2n) is 7.62. The Morgan fingerprint density at radius 1 is 1.15 bits per heavy atom. The van der Waals surface area contributed by atoms with Crippen LogP contribution < -0.4 is 22.5 Å². The molecule has 1 aliphatic rings. The molecule has 1 aromatic carbocycles. The number of rotatable bonds is 5. The maximum absolute atomic E-state index is 12.4. The molecular formula is C20H24ClN11O. The number of carbonyl (C=O) groups excluding carboxylic acids is 1. The fourth-order valence-corrected chi connectivity index (χ4v) is 3.70. The Morgan fingerprint density at radius 2 is 1.88 bits per heavy atom. The Labute approximate surface area is 194 Å². The second-order valence-corrected chi connectivity index (χ2v) is 7.98. The van der Waals surface area contributed by atoms with E-state index < -0.39 is 5.91 Å². The molecule has 1 fully saturated rings. The van der Waals surface area contributed by atoms with Gasteiger partial charge in [-0.2, -0.15) is 0 Å². The number of likely N-dealkylation sites (tertiary alicyclic amines) is 1. The minimum absolute atomic E-state index is 0.00343. The maximum Gasteiger partial charge on any atom is 0.280 e. The predicted octanol–water partition coefficient (Wildman–Crippen LogP) is 0.584. The van der Waals surface area contributed by atoms with Gasteiger partial charge in [-0.15, -0.1) is 5.10 Å². The summed E-state index contributed by atoms with van der Waals surface area (Å²) in [4.78, 5) is 26.8. The van der Waals surface area contributed by atoms with Gasteiger partial charge < -0.3 is 17.2 Å². The van der Waals surface area contributed by atoms with Crippen molar-refractivity contribution >= 4 is 35.1 Å². The minimum atomic E-state index is -0.644. The molecule has 1 aliphatic heterocycles. The Hall–Kier alpha value is -3.77. The average molecular weight is 470 g/mol. The van der Waals surface area contributed by atoms with Crippen LogP contribution in [-0.4, -0.2) is 60.9 Å². The van der Waals surface area contributed by atoms with E-state index in [0.717, 1.165) is 38.2 Å². The molecule has 0 aliphatic carbocycles. The van der Waals surface area contributed by atoms with Gasteiger partial charge in [0, 0.05) is 19.6 Å². The van der Waals surface area contributed by atoms with Crippen LogP contribution in [0.5, 0.6) is 0 Å². The molecule has 7 N–H and O–H groups in total. The first-order chi connectivity index (χ1) is 15.9. The number of aromatic nitrogens is 5. The molecule has 0 unspecified atom stereocenters. The van der Waals surface area contributed by atoms with Crippen molar-refractivity contribution < 1.29 is 4.79 Å². The molecule has 2 aromatic heterocycles. The first-order valence-corrected chi connectivity index (χ1v) is 10.7. The fraction of sp³-hybridized carbons (Fsp3) is 0.300. The standard InChI is InChI=1S/C20H24ClN11O/c21-16-18(23)28-17(22)15(27-16)19(33)29-20(24)26-13-5-8-31(9-6-13)11-12-1-3-14(4-2-12)32-10-7-25-30-32/h1-4,7,10,13H,5-6,8-9,11H2,(H4,22,23,28)(H3,24,26,29,33). The third kappa shape index (κ3) is 5.54. The number of carbonyl (C=O) groups is 1. The fourth-order valence-electron chi connectivity index (χ4n) is 3.58. The number of anilines is 2. The van der Waals surface area contributed by atoms with E-state index >= 15 is 0 Å². The normalized spacial score (nSPS) is 15.5. The van der Waals surface area contributed by atoms with Crippen molar-refractivity contribution in [2.75, 3.05) is 24.6 Å². The highest BCUT2D eigenvalue weighted by Crippen LogP contribution is 2.18. The number of nitrogens with two attached hydrogens (primary N) is 3.